The molecule has 0 atom stereocenters. The maximum absolute atomic E-state index is 12.1. The van der Waals surface area contributed by atoms with Gasteiger partial charge in [-0.3, -0.25) is 0 Å². The van der Waals surface area contributed by atoms with Gasteiger partial charge in [0, 0.05) is 17.0 Å². The lowest BCUT2D eigenvalue weighted by Gasteiger charge is -2.05. The second-order valence-corrected chi connectivity index (χ2v) is 7.95. The molecule has 0 unspecified atom stereocenters. The van der Waals surface area contributed by atoms with Crippen molar-refractivity contribution in [3.63, 3.8) is 0 Å². The molecule has 0 bridgehead atoms. The van der Waals surface area contributed by atoms with Crippen LogP contribution in [0.3, 0.4) is 0 Å². The molecular formula is C13H11Cl2NO2S2. The molecule has 0 N–H and O–H groups in total. The van der Waals surface area contributed by atoms with E-state index in [2.05, 4.69) is 4.98 Å². The van der Waals surface area contributed by atoms with Gasteiger partial charge in [0.1, 0.15) is 5.03 Å². The second-order valence-electron chi connectivity index (χ2n) is 3.91. The van der Waals surface area contributed by atoms with Gasteiger partial charge in [-0.05, 0) is 36.4 Å². The zero-order valence-electron chi connectivity index (χ0n) is 10.3. The lowest BCUT2D eigenvalue weighted by Crippen LogP contribution is -2.08. The number of aromatic nitrogens is 1. The van der Waals surface area contributed by atoms with Crippen LogP contribution in [0.5, 0.6) is 0 Å². The zero-order valence-corrected chi connectivity index (χ0v) is 13.4. The number of rotatable bonds is 5. The van der Waals surface area contributed by atoms with Crippen molar-refractivity contribution < 1.29 is 8.42 Å². The molecular weight excluding hydrogens is 337 g/mol. The number of halogens is 2. The summed E-state index contributed by atoms with van der Waals surface area (Å²) in [6, 6.07) is 9.61. The van der Waals surface area contributed by atoms with Crippen molar-refractivity contribution in [1.29, 1.82) is 0 Å². The summed E-state index contributed by atoms with van der Waals surface area (Å²) in [5.41, 5.74) is 0. The van der Waals surface area contributed by atoms with Crippen LogP contribution < -0.4 is 0 Å². The van der Waals surface area contributed by atoms with Gasteiger partial charge in [0.15, 0.2) is 9.84 Å². The largest absolute Gasteiger partial charge is 0.248 e. The summed E-state index contributed by atoms with van der Waals surface area (Å²) in [6.45, 7) is 0. The molecule has 0 spiro atoms. The van der Waals surface area contributed by atoms with E-state index >= 15 is 0 Å². The molecule has 0 radical (unpaired) electrons. The number of pyridine rings is 1. The number of benzene rings is 1. The summed E-state index contributed by atoms with van der Waals surface area (Å²) >= 11 is 13.0. The zero-order chi connectivity index (χ0) is 14.6. The van der Waals surface area contributed by atoms with E-state index in [0.29, 0.717) is 20.8 Å². The van der Waals surface area contributed by atoms with E-state index in [0.717, 1.165) is 0 Å². The van der Waals surface area contributed by atoms with Gasteiger partial charge in [0.25, 0.3) is 0 Å². The first-order valence-corrected chi connectivity index (χ1v) is 9.10. The number of hydrogen-bond donors (Lipinski definition) is 0. The Bertz CT molecular complexity index is 688. The highest BCUT2D eigenvalue weighted by molar-refractivity contribution is 8.00. The van der Waals surface area contributed by atoms with Gasteiger partial charge in [-0.25, -0.2) is 13.4 Å². The summed E-state index contributed by atoms with van der Waals surface area (Å²) in [4.78, 5) is 4.37. The lowest BCUT2D eigenvalue weighted by atomic mass is 10.4. The quantitative estimate of drug-likeness (QED) is 0.768. The second kappa shape index (κ2) is 6.80. The van der Waals surface area contributed by atoms with E-state index in [1.54, 1.807) is 30.5 Å². The van der Waals surface area contributed by atoms with Crippen molar-refractivity contribution in [2.75, 3.05) is 11.5 Å². The molecule has 0 fully saturated rings. The molecule has 20 heavy (non-hydrogen) atoms. The van der Waals surface area contributed by atoms with Crippen molar-refractivity contribution in [3.8, 4) is 0 Å². The van der Waals surface area contributed by atoms with E-state index in [-0.39, 0.29) is 10.6 Å². The number of thioether (sulfide) groups is 1. The molecule has 1 aromatic heterocycles. The van der Waals surface area contributed by atoms with Crippen LogP contribution >= 0.6 is 35.0 Å². The van der Waals surface area contributed by atoms with Crippen LogP contribution in [0.25, 0.3) is 0 Å². The molecule has 1 heterocycles. The van der Waals surface area contributed by atoms with Gasteiger partial charge in [-0.1, -0.05) is 23.2 Å². The van der Waals surface area contributed by atoms with Crippen LogP contribution in [0, 0.1) is 0 Å². The van der Waals surface area contributed by atoms with Crippen LogP contribution in [0.2, 0.25) is 10.0 Å². The standard InChI is InChI=1S/C13H11Cl2NO2S2/c14-10-3-5-11(6-4-10)20(17,18)9-8-19-13-12(15)2-1-7-16-13/h1-7H,8-9H2. The molecule has 1 aromatic carbocycles. The van der Waals surface area contributed by atoms with E-state index in [1.807, 2.05) is 0 Å². The predicted molar refractivity (Wildman–Crippen MR) is 83.5 cm³/mol. The fourth-order valence-electron chi connectivity index (χ4n) is 1.49. The van der Waals surface area contributed by atoms with Gasteiger partial charge in [0.2, 0.25) is 0 Å². The minimum Gasteiger partial charge on any atom is -0.248 e. The Morgan fingerprint density at radius 2 is 1.80 bits per heavy atom. The number of sulfone groups is 1. The van der Waals surface area contributed by atoms with Crippen molar-refractivity contribution in [2.24, 2.45) is 0 Å². The van der Waals surface area contributed by atoms with Crippen LogP contribution in [0.4, 0.5) is 0 Å². The Morgan fingerprint density at radius 1 is 1.10 bits per heavy atom. The van der Waals surface area contributed by atoms with Crippen LogP contribution in [0.1, 0.15) is 0 Å². The Hall–Kier alpha value is -0.750. The first kappa shape index (κ1) is 15.6. The third-order valence-corrected chi connectivity index (χ3v) is 6.15. The highest BCUT2D eigenvalue weighted by atomic mass is 35.5. The van der Waals surface area contributed by atoms with E-state index in [4.69, 9.17) is 23.2 Å². The van der Waals surface area contributed by atoms with E-state index in [9.17, 15) is 8.42 Å². The topological polar surface area (TPSA) is 47.0 Å². The summed E-state index contributed by atoms with van der Waals surface area (Å²) in [7, 11) is -3.31. The maximum atomic E-state index is 12.1. The highest BCUT2D eigenvalue weighted by Crippen LogP contribution is 2.25. The normalized spacial score (nSPS) is 11.5. The average molecular weight is 348 g/mol. The Balaban J connectivity index is 2.00. The molecule has 7 heteroatoms. The maximum Gasteiger partial charge on any atom is 0.179 e. The molecule has 3 nitrogen and oxygen atoms in total. The minimum absolute atomic E-state index is 0.0200. The van der Waals surface area contributed by atoms with Gasteiger partial charge >= 0.3 is 0 Å². The van der Waals surface area contributed by atoms with Crippen molar-refractivity contribution in [1.82, 2.24) is 4.98 Å². The first-order chi connectivity index (χ1) is 9.49. The number of hydrogen-bond acceptors (Lipinski definition) is 4. The van der Waals surface area contributed by atoms with E-state index in [1.165, 1.54) is 23.9 Å². The molecule has 2 rings (SSSR count). The minimum atomic E-state index is -3.31. The monoisotopic (exact) mass is 347 g/mol. The Labute approximate surface area is 132 Å². The molecule has 0 saturated carbocycles. The van der Waals surface area contributed by atoms with Crippen molar-refractivity contribution in [2.45, 2.75) is 9.92 Å². The summed E-state index contributed by atoms with van der Waals surface area (Å²) in [5.74, 6) is 0.411. The summed E-state index contributed by atoms with van der Waals surface area (Å²) < 4.78 is 24.2. The molecule has 106 valence electrons. The van der Waals surface area contributed by atoms with Gasteiger partial charge in [0.05, 0.1) is 15.7 Å². The molecule has 0 amide bonds. The van der Waals surface area contributed by atoms with Crippen LogP contribution in [-0.2, 0) is 9.84 Å². The predicted octanol–water partition coefficient (Wildman–Crippen LogP) is 3.95. The van der Waals surface area contributed by atoms with Crippen molar-refractivity contribution >= 4 is 44.8 Å². The third-order valence-electron chi connectivity index (χ3n) is 2.49. The first-order valence-electron chi connectivity index (χ1n) is 5.71. The SMILES string of the molecule is O=S(=O)(CCSc1ncccc1Cl)c1ccc(Cl)cc1. The molecule has 0 aliphatic heterocycles. The molecule has 0 saturated heterocycles. The van der Waals surface area contributed by atoms with Gasteiger partial charge < -0.3 is 0 Å². The molecule has 0 aliphatic carbocycles. The van der Waals surface area contributed by atoms with Crippen molar-refractivity contribution in [3.05, 3.63) is 52.6 Å². The fourth-order valence-corrected chi connectivity index (χ4v) is 4.43. The smallest absolute Gasteiger partial charge is 0.179 e. The van der Waals surface area contributed by atoms with Crippen LogP contribution in [-0.4, -0.2) is 24.9 Å². The van der Waals surface area contributed by atoms with Gasteiger partial charge in [-0.2, -0.15) is 0 Å². The third kappa shape index (κ3) is 4.12. The Morgan fingerprint density at radius 3 is 2.45 bits per heavy atom. The highest BCUT2D eigenvalue weighted by Gasteiger charge is 2.14. The Kier molecular flexibility index (Phi) is 5.32. The lowest BCUT2D eigenvalue weighted by molar-refractivity contribution is 0.597. The average Bonchev–Trinajstić information content (AvgIpc) is 2.41. The summed E-state index contributed by atoms with van der Waals surface area (Å²) in [5, 5.41) is 1.68. The summed E-state index contributed by atoms with van der Waals surface area (Å²) in [6.07, 6.45) is 1.63. The van der Waals surface area contributed by atoms with Gasteiger partial charge in [-0.15, -0.1) is 11.8 Å². The van der Waals surface area contributed by atoms with Crippen LogP contribution in [0.15, 0.2) is 52.5 Å². The molecule has 0 aliphatic rings. The number of nitrogens with zero attached hydrogens (tertiary/aromatic N) is 1. The molecule has 2 aromatic rings. The fraction of sp³-hybridized carbons (Fsp3) is 0.154. The van der Waals surface area contributed by atoms with E-state index < -0.39 is 9.84 Å².